The molecule has 3 nitrogen and oxygen atoms in total. The molecule has 1 amide bonds. The second kappa shape index (κ2) is 6.94. The van der Waals surface area contributed by atoms with Gasteiger partial charge in [0, 0.05) is 20.0 Å². The molecule has 0 heterocycles. The van der Waals surface area contributed by atoms with Crippen LogP contribution in [0.4, 0.5) is 0 Å². The van der Waals surface area contributed by atoms with E-state index in [1.807, 2.05) is 31.3 Å². The van der Waals surface area contributed by atoms with Gasteiger partial charge in [0.05, 0.1) is 7.11 Å². The summed E-state index contributed by atoms with van der Waals surface area (Å²) in [6.07, 6.45) is 2.65. The van der Waals surface area contributed by atoms with E-state index >= 15 is 0 Å². The van der Waals surface area contributed by atoms with Crippen molar-refractivity contribution in [3.63, 3.8) is 0 Å². The van der Waals surface area contributed by atoms with Crippen LogP contribution < -0.4 is 4.74 Å². The van der Waals surface area contributed by atoms with Gasteiger partial charge in [0.15, 0.2) is 0 Å². The molecule has 3 heteroatoms. The van der Waals surface area contributed by atoms with Crippen molar-refractivity contribution in [3.05, 3.63) is 29.8 Å². The number of methoxy groups -OCH3 is 1. The van der Waals surface area contributed by atoms with E-state index in [2.05, 4.69) is 6.92 Å². The van der Waals surface area contributed by atoms with Gasteiger partial charge in [0.1, 0.15) is 5.75 Å². The fourth-order valence-electron chi connectivity index (χ4n) is 1.65. The zero-order chi connectivity index (χ0) is 12.7. The first-order valence-electron chi connectivity index (χ1n) is 6.04. The standard InChI is InChI=1S/C14H21NO2/c1-4-5-9-14(16)15(2)11-12-7-6-8-13(10-12)17-3/h6-8,10H,4-5,9,11H2,1-3H3. The van der Waals surface area contributed by atoms with Gasteiger partial charge in [0.25, 0.3) is 0 Å². The van der Waals surface area contributed by atoms with Crippen LogP contribution in [0.5, 0.6) is 5.75 Å². The molecule has 0 atom stereocenters. The Morgan fingerprint density at radius 1 is 1.41 bits per heavy atom. The van der Waals surface area contributed by atoms with Crippen LogP contribution in [-0.4, -0.2) is 25.0 Å². The van der Waals surface area contributed by atoms with E-state index in [-0.39, 0.29) is 5.91 Å². The van der Waals surface area contributed by atoms with Crippen LogP contribution in [0, 0.1) is 0 Å². The molecule has 1 aromatic rings. The topological polar surface area (TPSA) is 29.5 Å². The van der Waals surface area contributed by atoms with E-state index in [4.69, 9.17) is 4.74 Å². The molecule has 0 fully saturated rings. The van der Waals surface area contributed by atoms with Crippen molar-refractivity contribution in [3.8, 4) is 5.75 Å². The minimum atomic E-state index is 0.203. The predicted octanol–water partition coefficient (Wildman–Crippen LogP) is 2.84. The first kappa shape index (κ1) is 13.6. The summed E-state index contributed by atoms with van der Waals surface area (Å²) in [5, 5.41) is 0. The highest BCUT2D eigenvalue weighted by atomic mass is 16.5. The van der Waals surface area contributed by atoms with Gasteiger partial charge in [-0.05, 0) is 24.1 Å². The van der Waals surface area contributed by atoms with Gasteiger partial charge in [-0.15, -0.1) is 0 Å². The Morgan fingerprint density at radius 3 is 2.82 bits per heavy atom. The van der Waals surface area contributed by atoms with Gasteiger partial charge < -0.3 is 9.64 Å². The largest absolute Gasteiger partial charge is 0.497 e. The summed E-state index contributed by atoms with van der Waals surface area (Å²) in [6.45, 7) is 2.73. The molecule has 1 rings (SSSR count). The molecule has 17 heavy (non-hydrogen) atoms. The van der Waals surface area contributed by atoms with E-state index < -0.39 is 0 Å². The highest BCUT2D eigenvalue weighted by molar-refractivity contribution is 5.75. The maximum Gasteiger partial charge on any atom is 0.222 e. The second-order valence-corrected chi connectivity index (χ2v) is 4.20. The Labute approximate surface area is 103 Å². The van der Waals surface area contributed by atoms with E-state index in [1.54, 1.807) is 12.0 Å². The molecule has 0 aliphatic heterocycles. The minimum absolute atomic E-state index is 0.203. The van der Waals surface area contributed by atoms with Gasteiger partial charge >= 0.3 is 0 Å². The Bertz CT molecular complexity index is 363. The number of rotatable bonds is 6. The predicted molar refractivity (Wildman–Crippen MR) is 69.0 cm³/mol. The van der Waals surface area contributed by atoms with Gasteiger partial charge in [-0.25, -0.2) is 0 Å². The molecule has 0 aromatic heterocycles. The minimum Gasteiger partial charge on any atom is -0.497 e. The summed E-state index contributed by atoms with van der Waals surface area (Å²) in [4.78, 5) is 13.5. The van der Waals surface area contributed by atoms with E-state index in [9.17, 15) is 4.79 Å². The van der Waals surface area contributed by atoms with Crippen molar-refractivity contribution in [2.75, 3.05) is 14.2 Å². The Kier molecular flexibility index (Phi) is 5.53. The number of nitrogens with zero attached hydrogens (tertiary/aromatic N) is 1. The third-order valence-electron chi connectivity index (χ3n) is 2.72. The summed E-state index contributed by atoms with van der Waals surface area (Å²) in [7, 11) is 3.49. The number of amides is 1. The molecular weight excluding hydrogens is 214 g/mol. The second-order valence-electron chi connectivity index (χ2n) is 4.20. The summed E-state index contributed by atoms with van der Waals surface area (Å²) >= 11 is 0. The summed E-state index contributed by atoms with van der Waals surface area (Å²) in [6, 6.07) is 7.82. The van der Waals surface area contributed by atoms with Gasteiger partial charge in [0.2, 0.25) is 5.91 Å². The van der Waals surface area contributed by atoms with Crippen molar-refractivity contribution < 1.29 is 9.53 Å². The molecule has 0 aliphatic carbocycles. The van der Waals surface area contributed by atoms with Crippen molar-refractivity contribution in [2.24, 2.45) is 0 Å². The summed E-state index contributed by atoms with van der Waals surface area (Å²) in [5.41, 5.74) is 1.09. The molecule has 0 spiro atoms. The zero-order valence-corrected chi connectivity index (χ0v) is 10.9. The maximum absolute atomic E-state index is 11.8. The monoisotopic (exact) mass is 235 g/mol. The zero-order valence-electron chi connectivity index (χ0n) is 10.9. The van der Waals surface area contributed by atoms with Crippen LogP contribution in [0.25, 0.3) is 0 Å². The average Bonchev–Trinajstić information content (AvgIpc) is 2.36. The highest BCUT2D eigenvalue weighted by Crippen LogP contribution is 2.14. The first-order chi connectivity index (χ1) is 8.17. The Morgan fingerprint density at radius 2 is 2.18 bits per heavy atom. The normalized spacial score (nSPS) is 10.1. The van der Waals surface area contributed by atoms with Crippen molar-refractivity contribution in [1.29, 1.82) is 0 Å². The summed E-state index contributed by atoms with van der Waals surface area (Å²) in [5.74, 6) is 1.03. The Hall–Kier alpha value is -1.51. The lowest BCUT2D eigenvalue weighted by Crippen LogP contribution is -2.25. The number of carbonyl (C=O) groups is 1. The number of unbranched alkanes of at least 4 members (excludes halogenated alkanes) is 1. The van der Waals surface area contributed by atoms with Gasteiger partial charge in [-0.3, -0.25) is 4.79 Å². The average molecular weight is 235 g/mol. The molecule has 1 aromatic carbocycles. The number of ether oxygens (including phenoxy) is 1. The molecule has 0 saturated carbocycles. The molecule has 0 unspecified atom stereocenters. The first-order valence-corrected chi connectivity index (χ1v) is 6.04. The fraction of sp³-hybridized carbons (Fsp3) is 0.500. The third kappa shape index (κ3) is 4.47. The third-order valence-corrected chi connectivity index (χ3v) is 2.72. The van der Waals surface area contributed by atoms with Crippen LogP contribution in [-0.2, 0) is 11.3 Å². The van der Waals surface area contributed by atoms with Gasteiger partial charge in [-0.1, -0.05) is 25.5 Å². The fourth-order valence-corrected chi connectivity index (χ4v) is 1.65. The van der Waals surface area contributed by atoms with E-state index in [0.29, 0.717) is 13.0 Å². The number of benzene rings is 1. The smallest absolute Gasteiger partial charge is 0.222 e. The molecule has 0 saturated heterocycles. The van der Waals surface area contributed by atoms with Crippen LogP contribution in [0.3, 0.4) is 0 Å². The molecule has 0 aliphatic rings. The van der Waals surface area contributed by atoms with Crippen molar-refractivity contribution >= 4 is 5.91 Å². The summed E-state index contributed by atoms with van der Waals surface area (Å²) < 4.78 is 5.16. The van der Waals surface area contributed by atoms with Crippen molar-refractivity contribution in [2.45, 2.75) is 32.7 Å². The lowest BCUT2D eigenvalue weighted by molar-refractivity contribution is -0.130. The molecule has 0 radical (unpaired) electrons. The number of hydrogen-bond acceptors (Lipinski definition) is 2. The van der Waals surface area contributed by atoms with Crippen LogP contribution in [0.15, 0.2) is 24.3 Å². The highest BCUT2D eigenvalue weighted by Gasteiger charge is 2.08. The van der Waals surface area contributed by atoms with Crippen LogP contribution in [0.1, 0.15) is 31.7 Å². The number of carbonyl (C=O) groups excluding carboxylic acids is 1. The van der Waals surface area contributed by atoms with Gasteiger partial charge in [-0.2, -0.15) is 0 Å². The lowest BCUT2D eigenvalue weighted by atomic mass is 10.2. The van der Waals surface area contributed by atoms with Crippen LogP contribution in [0.2, 0.25) is 0 Å². The van der Waals surface area contributed by atoms with Crippen molar-refractivity contribution in [1.82, 2.24) is 4.90 Å². The van der Waals surface area contributed by atoms with E-state index in [1.165, 1.54) is 0 Å². The maximum atomic E-state index is 11.8. The molecular formula is C14H21NO2. The lowest BCUT2D eigenvalue weighted by Gasteiger charge is -2.17. The Balaban J connectivity index is 2.54. The molecule has 0 N–H and O–H groups in total. The van der Waals surface area contributed by atoms with E-state index in [0.717, 1.165) is 24.2 Å². The molecule has 94 valence electrons. The quantitative estimate of drug-likeness (QED) is 0.758. The molecule has 0 bridgehead atoms. The SMILES string of the molecule is CCCCC(=O)N(C)Cc1cccc(OC)c1. The van der Waals surface area contributed by atoms with Crippen LogP contribution >= 0.6 is 0 Å². The number of hydrogen-bond donors (Lipinski definition) is 0.